The highest BCUT2D eigenvalue weighted by Gasteiger charge is 2.27. The smallest absolute Gasteiger partial charge is 0.200 e. The van der Waals surface area contributed by atoms with Crippen LogP contribution in [0.1, 0.15) is 0 Å². The molecule has 0 fully saturated rings. The molecule has 0 radical (unpaired) electrons. The molecule has 112 valence electrons. The van der Waals surface area contributed by atoms with Crippen LogP contribution in [-0.2, 0) is 0 Å². The van der Waals surface area contributed by atoms with Gasteiger partial charge in [0.1, 0.15) is 5.82 Å². The third-order valence-electron chi connectivity index (χ3n) is 2.93. The Kier molecular flexibility index (Phi) is 3.85. The Morgan fingerprint density at radius 3 is 1.67 bits per heavy atom. The van der Waals surface area contributed by atoms with Crippen molar-refractivity contribution < 1.29 is 26.3 Å². The largest absolute Gasteiger partial charge is 0.375 e. The van der Waals surface area contributed by atoms with Crippen molar-refractivity contribution >= 4 is 5.69 Å². The van der Waals surface area contributed by atoms with E-state index in [9.17, 15) is 26.3 Å². The van der Waals surface area contributed by atoms with Crippen molar-refractivity contribution in [3.63, 3.8) is 0 Å². The van der Waals surface area contributed by atoms with Gasteiger partial charge < -0.3 is 4.90 Å². The van der Waals surface area contributed by atoms with Gasteiger partial charge in [0, 0.05) is 14.1 Å². The molecule has 1 nitrogen and oxygen atoms in total. The molecule has 2 aromatic rings. The lowest BCUT2D eigenvalue weighted by molar-refractivity contribution is 0.381. The van der Waals surface area contributed by atoms with Gasteiger partial charge in [-0.05, 0) is 17.7 Å². The Balaban J connectivity index is 2.77. The summed E-state index contributed by atoms with van der Waals surface area (Å²) in [6.45, 7) is 0. The first kappa shape index (κ1) is 15.2. The number of rotatable bonds is 2. The van der Waals surface area contributed by atoms with Gasteiger partial charge in [-0.3, -0.25) is 0 Å². The summed E-state index contributed by atoms with van der Waals surface area (Å²) in [6.07, 6.45) is 0. The second kappa shape index (κ2) is 5.31. The summed E-state index contributed by atoms with van der Waals surface area (Å²) in [4.78, 5) is 1.31. The van der Waals surface area contributed by atoms with Gasteiger partial charge in [0.25, 0.3) is 0 Å². The van der Waals surface area contributed by atoms with E-state index in [-0.39, 0.29) is 11.3 Å². The molecule has 0 N–H and O–H groups in total. The van der Waals surface area contributed by atoms with Crippen molar-refractivity contribution in [2.75, 3.05) is 19.0 Å². The van der Waals surface area contributed by atoms with E-state index < -0.39 is 40.5 Å². The zero-order valence-corrected chi connectivity index (χ0v) is 10.9. The highest BCUT2D eigenvalue weighted by atomic mass is 19.2. The molecule has 0 saturated heterocycles. The Labute approximate surface area is 116 Å². The molecule has 0 aliphatic rings. The minimum atomic E-state index is -2.23. The zero-order valence-electron chi connectivity index (χ0n) is 10.9. The number of benzene rings is 2. The molecule has 7 heteroatoms. The summed E-state index contributed by atoms with van der Waals surface area (Å²) in [6, 6.07) is 2.84. The predicted octanol–water partition coefficient (Wildman–Crippen LogP) is 4.25. The number of anilines is 1. The Bertz CT molecular complexity index is 682. The van der Waals surface area contributed by atoms with Gasteiger partial charge in [-0.25, -0.2) is 26.3 Å². The highest BCUT2D eigenvalue weighted by molar-refractivity contribution is 5.70. The van der Waals surface area contributed by atoms with E-state index in [1.807, 2.05) is 0 Å². The average Bonchev–Trinajstić information content (AvgIpc) is 2.44. The molecule has 2 aromatic carbocycles. The summed E-state index contributed by atoms with van der Waals surface area (Å²) < 4.78 is 80.3. The fourth-order valence-corrected chi connectivity index (χ4v) is 1.87. The molecule has 2 rings (SSSR count). The Hall–Kier alpha value is -2.18. The van der Waals surface area contributed by atoms with Crippen LogP contribution < -0.4 is 4.90 Å². The maximum Gasteiger partial charge on any atom is 0.200 e. The lowest BCUT2D eigenvalue weighted by Crippen LogP contribution is -2.11. The third-order valence-corrected chi connectivity index (χ3v) is 2.93. The molecule has 0 atom stereocenters. The van der Waals surface area contributed by atoms with Crippen molar-refractivity contribution in [2.45, 2.75) is 0 Å². The molecule has 0 aliphatic carbocycles. The Morgan fingerprint density at radius 1 is 0.714 bits per heavy atom. The predicted molar refractivity (Wildman–Crippen MR) is 66.0 cm³/mol. The fraction of sp³-hybridized carbons (Fsp3) is 0.143. The van der Waals surface area contributed by atoms with Crippen LogP contribution in [0.15, 0.2) is 18.2 Å². The molecule has 0 spiro atoms. The second-order valence-electron chi connectivity index (χ2n) is 4.51. The van der Waals surface area contributed by atoms with E-state index in [0.29, 0.717) is 0 Å². The third kappa shape index (κ3) is 2.43. The molecular formula is C14H9F6N. The van der Waals surface area contributed by atoms with Gasteiger partial charge >= 0.3 is 0 Å². The summed E-state index contributed by atoms with van der Waals surface area (Å²) in [5, 5.41) is 0. The number of nitrogens with zero attached hydrogens (tertiary/aromatic N) is 1. The van der Waals surface area contributed by atoms with Gasteiger partial charge in [0.2, 0.25) is 5.82 Å². The maximum atomic E-state index is 13.7. The molecule has 0 heterocycles. The van der Waals surface area contributed by atoms with Crippen molar-refractivity contribution in [1.29, 1.82) is 0 Å². The van der Waals surface area contributed by atoms with Crippen LogP contribution in [-0.4, -0.2) is 14.1 Å². The van der Waals surface area contributed by atoms with E-state index in [4.69, 9.17) is 0 Å². The van der Waals surface area contributed by atoms with Crippen LogP contribution in [0.4, 0.5) is 32.0 Å². The molecule has 0 aliphatic heterocycles. The van der Waals surface area contributed by atoms with Gasteiger partial charge in [0.15, 0.2) is 23.3 Å². The topological polar surface area (TPSA) is 3.24 Å². The zero-order chi connectivity index (χ0) is 15.9. The maximum absolute atomic E-state index is 13.7. The van der Waals surface area contributed by atoms with Crippen LogP contribution >= 0.6 is 0 Å². The van der Waals surface area contributed by atoms with Crippen LogP contribution in [0.2, 0.25) is 0 Å². The van der Waals surface area contributed by atoms with E-state index in [1.54, 1.807) is 0 Å². The van der Waals surface area contributed by atoms with Crippen molar-refractivity contribution in [3.05, 3.63) is 53.1 Å². The summed E-state index contributed by atoms with van der Waals surface area (Å²) in [5.41, 5.74) is -1.45. The minimum Gasteiger partial charge on any atom is -0.375 e. The fourth-order valence-electron chi connectivity index (χ4n) is 1.87. The van der Waals surface area contributed by atoms with Crippen LogP contribution in [0.25, 0.3) is 11.1 Å². The van der Waals surface area contributed by atoms with E-state index >= 15 is 0 Å². The van der Waals surface area contributed by atoms with Crippen molar-refractivity contribution in [1.82, 2.24) is 0 Å². The van der Waals surface area contributed by atoms with Gasteiger partial charge in [-0.1, -0.05) is 6.07 Å². The lowest BCUT2D eigenvalue weighted by Gasteiger charge is -2.15. The second-order valence-corrected chi connectivity index (χ2v) is 4.51. The first-order chi connectivity index (χ1) is 9.75. The first-order valence-corrected chi connectivity index (χ1v) is 5.74. The van der Waals surface area contributed by atoms with Crippen molar-refractivity contribution in [2.24, 2.45) is 0 Å². The normalized spacial score (nSPS) is 10.9. The number of hydrogen-bond acceptors (Lipinski definition) is 1. The molecule has 0 bridgehead atoms. The number of halogens is 6. The van der Waals surface area contributed by atoms with Gasteiger partial charge in [-0.15, -0.1) is 0 Å². The number of hydrogen-bond donors (Lipinski definition) is 0. The minimum absolute atomic E-state index is 0.0450. The van der Waals surface area contributed by atoms with Crippen molar-refractivity contribution in [3.8, 4) is 11.1 Å². The SMILES string of the molecule is CN(C)c1cc(-c2c(F)c(F)c(F)c(F)c2F)ccc1F. The Morgan fingerprint density at radius 2 is 1.19 bits per heavy atom. The van der Waals surface area contributed by atoms with E-state index in [2.05, 4.69) is 0 Å². The molecular weight excluding hydrogens is 296 g/mol. The molecule has 0 aromatic heterocycles. The van der Waals surface area contributed by atoms with Crippen LogP contribution in [0, 0.1) is 34.9 Å². The monoisotopic (exact) mass is 305 g/mol. The molecule has 0 saturated carbocycles. The van der Waals surface area contributed by atoms with Crippen LogP contribution in [0.3, 0.4) is 0 Å². The average molecular weight is 305 g/mol. The lowest BCUT2D eigenvalue weighted by atomic mass is 10.0. The first-order valence-electron chi connectivity index (χ1n) is 5.74. The van der Waals surface area contributed by atoms with Gasteiger partial charge in [-0.2, -0.15) is 0 Å². The summed E-state index contributed by atoms with van der Waals surface area (Å²) >= 11 is 0. The quantitative estimate of drug-likeness (QED) is 0.455. The molecule has 0 unspecified atom stereocenters. The highest BCUT2D eigenvalue weighted by Crippen LogP contribution is 2.33. The van der Waals surface area contributed by atoms with E-state index in [1.165, 1.54) is 19.0 Å². The van der Waals surface area contributed by atoms with E-state index in [0.717, 1.165) is 18.2 Å². The van der Waals surface area contributed by atoms with Crippen LogP contribution in [0.5, 0.6) is 0 Å². The molecule has 21 heavy (non-hydrogen) atoms. The summed E-state index contributed by atoms with van der Waals surface area (Å²) in [7, 11) is 2.95. The van der Waals surface area contributed by atoms with Gasteiger partial charge in [0.05, 0.1) is 11.3 Å². The standard InChI is InChI=1S/C14H9F6N/c1-21(2)8-5-6(3-4-7(8)15)9-10(16)12(18)14(20)13(19)11(9)17/h3-5H,1-2H3. The summed E-state index contributed by atoms with van der Waals surface area (Å²) in [5.74, 6) is -10.9. The molecule has 0 amide bonds.